The first kappa shape index (κ1) is 8.32. The van der Waals surface area contributed by atoms with E-state index in [4.69, 9.17) is 0 Å². The van der Waals surface area contributed by atoms with Gasteiger partial charge in [-0.25, -0.2) is 0 Å². The standard InChI is InChI=1S/C5H6INO2S/c6-4(8)7-2-1-3-10-5(7)9/h1-3H2. The lowest BCUT2D eigenvalue weighted by Gasteiger charge is -2.21. The van der Waals surface area contributed by atoms with Gasteiger partial charge in [0.15, 0.2) is 0 Å². The average molecular weight is 271 g/mol. The molecule has 56 valence electrons. The van der Waals surface area contributed by atoms with E-state index in [1.807, 2.05) is 0 Å². The maximum Gasteiger partial charge on any atom is 0.290 e. The number of halogens is 1. The minimum atomic E-state index is -0.171. The SMILES string of the molecule is O=C(I)N1CCCSC1=O. The molecule has 1 rings (SSSR count). The zero-order valence-electron chi connectivity index (χ0n) is 5.17. The summed E-state index contributed by atoms with van der Waals surface area (Å²) < 4.78 is -0.171. The van der Waals surface area contributed by atoms with Gasteiger partial charge >= 0.3 is 0 Å². The fraction of sp³-hybridized carbons (Fsp3) is 0.600. The first-order chi connectivity index (χ1) is 4.72. The first-order valence-electron chi connectivity index (χ1n) is 2.85. The smallest absolute Gasteiger partial charge is 0.265 e. The number of thioether (sulfide) groups is 1. The molecule has 1 heterocycles. The van der Waals surface area contributed by atoms with Crippen LogP contribution in [0.3, 0.4) is 0 Å². The Balaban J connectivity index is 2.56. The molecular formula is C5H6INO2S. The number of nitrogens with zero attached hydrogens (tertiary/aromatic N) is 1. The van der Waals surface area contributed by atoms with Crippen LogP contribution in [0.1, 0.15) is 6.42 Å². The number of rotatable bonds is 0. The Morgan fingerprint density at radius 2 is 2.40 bits per heavy atom. The van der Waals surface area contributed by atoms with Crippen molar-refractivity contribution in [2.75, 3.05) is 12.3 Å². The summed E-state index contributed by atoms with van der Waals surface area (Å²) in [5.41, 5.74) is 0. The highest BCUT2D eigenvalue weighted by Crippen LogP contribution is 2.18. The molecule has 1 saturated heterocycles. The van der Waals surface area contributed by atoms with Gasteiger partial charge in [-0.3, -0.25) is 14.5 Å². The molecule has 0 aromatic carbocycles. The van der Waals surface area contributed by atoms with E-state index in [1.165, 1.54) is 16.7 Å². The lowest BCUT2D eigenvalue weighted by atomic mass is 10.4. The maximum absolute atomic E-state index is 10.9. The molecular weight excluding hydrogens is 265 g/mol. The lowest BCUT2D eigenvalue weighted by molar-refractivity contribution is 0.216. The number of carbonyl (C=O) groups excluding carboxylic acids is 2. The van der Waals surface area contributed by atoms with Crippen LogP contribution in [0.4, 0.5) is 9.59 Å². The summed E-state index contributed by atoms with van der Waals surface area (Å²) in [6.45, 7) is 0.591. The molecule has 0 N–H and O–H groups in total. The summed E-state index contributed by atoms with van der Waals surface area (Å²) in [6, 6.07) is 0. The Morgan fingerprint density at radius 3 is 2.80 bits per heavy atom. The van der Waals surface area contributed by atoms with Gasteiger partial charge in [0.1, 0.15) is 0 Å². The van der Waals surface area contributed by atoms with E-state index >= 15 is 0 Å². The van der Waals surface area contributed by atoms with E-state index in [2.05, 4.69) is 0 Å². The van der Waals surface area contributed by atoms with E-state index in [-0.39, 0.29) is 9.15 Å². The Hall–Kier alpha value is 0.220. The fourth-order valence-corrected chi connectivity index (χ4v) is 2.11. The minimum Gasteiger partial charge on any atom is -0.265 e. The molecule has 0 atom stereocenters. The molecule has 0 aromatic rings. The Morgan fingerprint density at radius 1 is 1.70 bits per heavy atom. The van der Waals surface area contributed by atoms with Crippen LogP contribution in [-0.4, -0.2) is 26.4 Å². The zero-order valence-corrected chi connectivity index (χ0v) is 8.15. The van der Waals surface area contributed by atoms with Crippen LogP contribution in [0, 0.1) is 0 Å². The molecule has 1 aliphatic heterocycles. The van der Waals surface area contributed by atoms with Crippen molar-refractivity contribution in [3.8, 4) is 0 Å². The van der Waals surface area contributed by atoms with Crippen LogP contribution in [-0.2, 0) is 0 Å². The van der Waals surface area contributed by atoms with E-state index in [1.54, 1.807) is 22.6 Å². The third-order valence-corrected chi connectivity index (χ3v) is 2.73. The van der Waals surface area contributed by atoms with Crippen molar-refractivity contribution in [1.29, 1.82) is 0 Å². The van der Waals surface area contributed by atoms with Crippen LogP contribution in [0.15, 0.2) is 0 Å². The Kier molecular flexibility index (Phi) is 2.96. The van der Waals surface area contributed by atoms with E-state index < -0.39 is 0 Å². The van der Waals surface area contributed by atoms with Crippen molar-refractivity contribution in [1.82, 2.24) is 4.90 Å². The van der Waals surface area contributed by atoms with Gasteiger partial charge in [0.2, 0.25) is 0 Å². The second-order valence-corrected chi connectivity index (χ2v) is 3.84. The summed E-state index contributed by atoms with van der Waals surface area (Å²) in [6.07, 6.45) is 0.922. The molecule has 0 radical (unpaired) electrons. The van der Waals surface area contributed by atoms with E-state index in [0.29, 0.717) is 6.54 Å². The van der Waals surface area contributed by atoms with Crippen molar-refractivity contribution < 1.29 is 9.59 Å². The molecule has 0 spiro atoms. The highest BCUT2D eigenvalue weighted by Gasteiger charge is 2.22. The van der Waals surface area contributed by atoms with Crippen LogP contribution >= 0.6 is 34.4 Å². The van der Waals surface area contributed by atoms with Crippen molar-refractivity contribution in [2.45, 2.75) is 6.42 Å². The van der Waals surface area contributed by atoms with Crippen LogP contribution in [0.5, 0.6) is 0 Å². The van der Waals surface area contributed by atoms with E-state index in [0.717, 1.165) is 12.2 Å². The van der Waals surface area contributed by atoms with Crippen molar-refractivity contribution >= 4 is 43.5 Å². The Labute approximate surface area is 76.7 Å². The zero-order chi connectivity index (χ0) is 7.56. The molecule has 0 aromatic heterocycles. The second-order valence-electron chi connectivity index (χ2n) is 1.87. The normalized spacial score (nSPS) is 19.3. The lowest BCUT2D eigenvalue weighted by Crippen LogP contribution is -2.34. The average Bonchev–Trinajstić information content (AvgIpc) is 1.88. The van der Waals surface area contributed by atoms with Crippen LogP contribution in [0.2, 0.25) is 0 Å². The molecule has 10 heavy (non-hydrogen) atoms. The van der Waals surface area contributed by atoms with Gasteiger partial charge in [0, 0.05) is 34.9 Å². The number of amides is 2. The molecule has 0 unspecified atom stereocenters. The van der Waals surface area contributed by atoms with Crippen molar-refractivity contribution in [2.24, 2.45) is 0 Å². The molecule has 3 nitrogen and oxygen atoms in total. The summed E-state index contributed by atoms with van der Waals surface area (Å²) in [5, 5.41) is -0.106. The second kappa shape index (κ2) is 3.56. The van der Waals surface area contributed by atoms with Gasteiger partial charge in [0.05, 0.1) is 0 Å². The largest absolute Gasteiger partial charge is 0.290 e. The van der Waals surface area contributed by atoms with Crippen LogP contribution in [0.25, 0.3) is 0 Å². The highest BCUT2D eigenvalue weighted by atomic mass is 127. The summed E-state index contributed by atoms with van der Waals surface area (Å²) in [5.74, 6) is 0.846. The third kappa shape index (κ3) is 1.85. The van der Waals surface area contributed by atoms with E-state index in [9.17, 15) is 9.59 Å². The number of hydrogen-bond donors (Lipinski definition) is 0. The van der Waals surface area contributed by atoms with Gasteiger partial charge in [-0.2, -0.15) is 0 Å². The third-order valence-electron chi connectivity index (χ3n) is 1.18. The summed E-state index contributed by atoms with van der Waals surface area (Å²) >= 11 is 2.85. The number of imide groups is 1. The molecule has 2 amide bonds. The van der Waals surface area contributed by atoms with Crippen LogP contribution < -0.4 is 0 Å². The summed E-state index contributed by atoms with van der Waals surface area (Å²) in [7, 11) is 0. The minimum absolute atomic E-state index is 0.106. The Bertz CT molecular complexity index is 173. The van der Waals surface area contributed by atoms with Crippen molar-refractivity contribution in [3.05, 3.63) is 0 Å². The topological polar surface area (TPSA) is 37.4 Å². The van der Waals surface area contributed by atoms with Crippen molar-refractivity contribution in [3.63, 3.8) is 0 Å². The van der Waals surface area contributed by atoms with Gasteiger partial charge in [-0.1, -0.05) is 11.8 Å². The van der Waals surface area contributed by atoms with Gasteiger partial charge in [0.25, 0.3) is 9.15 Å². The number of carbonyl (C=O) groups is 2. The summed E-state index contributed by atoms with van der Waals surface area (Å²) in [4.78, 5) is 22.9. The molecule has 0 aliphatic carbocycles. The van der Waals surface area contributed by atoms with Gasteiger partial charge < -0.3 is 0 Å². The first-order valence-corrected chi connectivity index (χ1v) is 4.92. The predicted octanol–water partition coefficient (Wildman–Crippen LogP) is 2.10. The van der Waals surface area contributed by atoms with Gasteiger partial charge in [-0.15, -0.1) is 0 Å². The predicted molar refractivity (Wildman–Crippen MR) is 48.6 cm³/mol. The maximum atomic E-state index is 10.9. The molecule has 1 fully saturated rings. The quantitative estimate of drug-likeness (QED) is 0.384. The number of hydrogen-bond acceptors (Lipinski definition) is 3. The molecule has 5 heteroatoms. The molecule has 0 bridgehead atoms. The molecule has 0 saturated carbocycles. The monoisotopic (exact) mass is 271 g/mol. The molecule has 1 aliphatic rings. The highest BCUT2D eigenvalue weighted by molar-refractivity contribution is 14.1. The van der Waals surface area contributed by atoms with Gasteiger partial charge in [-0.05, 0) is 6.42 Å². The fourth-order valence-electron chi connectivity index (χ4n) is 0.711.